The number of nitrogens with one attached hydrogen (secondary N) is 1. The highest BCUT2D eigenvalue weighted by molar-refractivity contribution is 9.10. The van der Waals surface area contributed by atoms with Crippen LogP contribution in [0.25, 0.3) is 0 Å². The van der Waals surface area contributed by atoms with E-state index in [1.807, 2.05) is 6.92 Å². The molecule has 2 aromatic carbocycles. The van der Waals surface area contributed by atoms with Crippen LogP contribution in [0.2, 0.25) is 0 Å². The van der Waals surface area contributed by atoms with Crippen LogP contribution in [0.3, 0.4) is 0 Å². The van der Waals surface area contributed by atoms with Crippen LogP contribution in [0.15, 0.2) is 45.8 Å². The average molecular weight is 359 g/mol. The summed E-state index contributed by atoms with van der Waals surface area (Å²) < 4.78 is 40.4. The SMILES string of the molecule is Cc1ccc(S(=O)(=O)Nc2cc(F)ccc2N)c(Br)c1. The van der Waals surface area contributed by atoms with E-state index in [1.165, 1.54) is 12.1 Å². The molecule has 0 fully saturated rings. The van der Waals surface area contributed by atoms with Gasteiger partial charge in [-0.15, -0.1) is 0 Å². The van der Waals surface area contributed by atoms with Crippen molar-refractivity contribution in [2.24, 2.45) is 0 Å². The summed E-state index contributed by atoms with van der Waals surface area (Å²) in [4.78, 5) is 0.0618. The average Bonchev–Trinajstić information content (AvgIpc) is 2.33. The van der Waals surface area contributed by atoms with Gasteiger partial charge in [0.2, 0.25) is 0 Å². The van der Waals surface area contributed by atoms with Gasteiger partial charge < -0.3 is 5.73 Å². The van der Waals surface area contributed by atoms with Crippen LogP contribution >= 0.6 is 15.9 Å². The van der Waals surface area contributed by atoms with Crippen molar-refractivity contribution in [2.75, 3.05) is 10.5 Å². The second-order valence-electron chi connectivity index (χ2n) is 4.27. The molecule has 0 unspecified atom stereocenters. The second-order valence-corrected chi connectivity index (χ2v) is 6.78. The first kappa shape index (κ1) is 14.8. The highest BCUT2D eigenvalue weighted by atomic mass is 79.9. The Balaban J connectivity index is 2.43. The number of sulfonamides is 1. The van der Waals surface area contributed by atoms with Crippen LogP contribution in [-0.2, 0) is 10.0 Å². The van der Waals surface area contributed by atoms with Crippen molar-refractivity contribution in [2.45, 2.75) is 11.8 Å². The Morgan fingerprint density at radius 3 is 2.55 bits per heavy atom. The number of aryl methyl sites for hydroxylation is 1. The van der Waals surface area contributed by atoms with Crippen molar-refractivity contribution in [3.8, 4) is 0 Å². The van der Waals surface area contributed by atoms with Crippen molar-refractivity contribution in [3.63, 3.8) is 0 Å². The summed E-state index contributed by atoms with van der Waals surface area (Å²) in [6, 6.07) is 8.33. The lowest BCUT2D eigenvalue weighted by Crippen LogP contribution is -2.15. The second kappa shape index (κ2) is 5.41. The molecule has 0 spiro atoms. The van der Waals surface area contributed by atoms with E-state index < -0.39 is 15.8 Å². The minimum absolute atomic E-state index is 0.0116. The molecule has 20 heavy (non-hydrogen) atoms. The molecule has 0 aliphatic heterocycles. The molecule has 2 rings (SSSR count). The van der Waals surface area contributed by atoms with E-state index in [1.54, 1.807) is 12.1 Å². The molecule has 106 valence electrons. The molecular weight excluding hydrogens is 347 g/mol. The van der Waals surface area contributed by atoms with Gasteiger partial charge in [0.25, 0.3) is 10.0 Å². The molecule has 0 saturated carbocycles. The topological polar surface area (TPSA) is 72.2 Å². The van der Waals surface area contributed by atoms with Crippen LogP contribution in [0.1, 0.15) is 5.56 Å². The third-order valence-electron chi connectivity index (χ3n) is 2.64. The number of benzene rings is 2. The van der Waals surface area contributed by atoms with Gasteiger partial charge in [-0.3, -0.25) is 4.72 Å². The Labute approximate surface area is 125 Å². The normalized spacial score (nSPS) is 11.3. The summed E-state index contributed by atoms with van der Waals surface area (Å²) >= 11 is 3.20. The highest BCUT2D eigenvalue weighted by Gasteiger charge is 2.19. The molecule has 0 bridgehead atoms. The van der Waals surface area contributed by atoms with E-state index in [2.05, 4.69) is 20.7 Å². The van der Waals surface area contributed by atoms with E-state index in [0.717, 1.165) is 17.7 Å². The van der Waals surface area contributed by atoms with Crippen molar-refractivity contribution >= 4 is 37.3 Å². The number of rotatable bonds is 3. The number of hydrogen-bond donors (Lipinski definition) is 2. The fraction of sp³-hybridized carbons (Fsp3) is 0.0769. The van der Waals surface area contributed by atoms with Gasteiger partial charge in [-0.05, 0) is 52.7 Å². The van der Waals surface area contributed by atoms with E-state index in [-0.39, 0.29) is 16.3 Å². The minimum Gasteiger partial charge on any atom is -0.397 e. The van der Waals surface area contributed by atoms with E-state index >= 15 is 0 Å². The number of anilines is 2. The zero-order valence-corrected chi connectivity index (χ0v) is 12.9. The fourth-order valence-corrected chi connectivity index (χ4v) is 3.91. The quantitative estimate of drug-likeness (QED) is 0.827. The van der Waals surface area contributed by atoms with Gasteiger partial charge in [-0.1, -0.05) is 6.07 Å². The maximum Gasteiger partial charge on any atom is 0.263 e. The number of nitrogens with two attached hydrogens (primary N) is 1. The fourth-order valence-electron chi connectivity index (χ4n) is 1.64. The van der Waals surface area contributed by atoms with Gasteiger partial charge in [0.15, 0.2) is 0 Å². The maximum absolute atomic E-state index is 13.2. The highest BCUT2D eigenvalue weighted by Crippen LogP contribution is 2.27. The lowest BCUT2D eigenvalue weighted by molar-refractivity contribution is 0.600. The Bertz CT molecular complexity index is 763. The van der Waals surface area contributed by atoms with Crippen molar-refractivity contribution in [1.82, 2.24) is 0 Å². The summed E-state index contributed by atoms with van der Waals surface area (Å²) in [5, 5.41) is 0. The summed E-state index contributed by atoms with van der Waals surface area (Å²) in [5.74, 6) is -0.570. The summed E-state index contributed by atoms with van der Waals surface area (Å²) in [7, 11) is -3.84. The van der Waals surface area contributed by atoms with Gasteiger partial charge in [0, 0.05) is 10.5 Å². The third kappa shape index (κ3) is 3.10. The molecule has 0 atom stereocenters. The Morgan fingerprint density at radius 1 is 1.20 bits per heavy atom. The van der Waals surface area contributed by atoms with Crippen molar-refractivity contribution in [3.05, 3.63) is 52.3 Å². The third-order valence-corrected chi connectivity index (χ3v) is 4.98. The molecule has 0 aliphatic rings. The monoisotopic (exact) mass is 358 g/mol. The molecule has 2 aromatic rings. The van der Waals surface area contributed by atoms with Crippen molar-refractivity contribution in [1.29, 1.82) is 0 Å². The Kier molecular flexibility index (Phi) is 4.01. The van der Waals surface area contributed by atoms with Crippen LogP contribution in [-0.4, -0.2) is 8.42 Å². The lowest BCUT2D eigenvalue weighted by Gasteiger charge is -2.12. The Morgan fingerprint density at radius 2 is 1.90 bits per heavy atom. The smallest absolute Gasteiger partial charge is 0.263 e. The van der Waals surface area contributed by atoms with Gasteiger partial charge in [0.1, 0.15) is 10.7 Å². The molecule has 0 saturated heterocycles. The molecule has 0 aliphatic carbocycles. The zero-order valence-electron chi connectivity index (χ0n) is 10.5. The molecule has 7 heteroatoms. The Hall–Kier alpha value is -1.60. The molecule has 0 amide bonds. The van der Waals surface area contributed by atoms with Gasteiger partial charge in [0.05, 0.1) is 11.4 Å². The largest absolute Gasteiger partial charge is 0.397 e. The number of nitrogen functional groups attached to an aromatic ring is 1. The lowest BCUT2D eigenvalue weighted by atomic mass is 10.2. The van der Waals surface area contributed by atoms with Crippen LogP contribution in [0, 0.1) is 12.7 Å². The van der Waals surface area contributed by atoms with E-state index in [9.17, 15) is 12.8 Å². The zero-order chi connectivity index (χ0) is 14.9. The standard InChI is InChI=1S/C13H12BrFN2O2S/c1-8-2-5-13(10(14)6-8)20(18,19)17-12-7-9(15)3-4-11(12)16/h2-7,17H,16H2,1H3. The van der Waals surface area contributed by atoms with Gasteiger partial charge in [-0.25, -0.2) is 12.8 Å². The predicted octanol–water partition coefficient (Wildman–Crippen LogP) is 3.28. The first-order chi connectivity index (χ1) is 9.29. The molecule has 0 radical (unpaired) electrons. The number of halogens is 2. The van der Waals surface area contributed by atoms with Crippen LogP contribution < -0.4 is 10.5 Å². The van der Waals surface area contributed by atoms with Crippen LogP contribution in [0.4, 0.5) is 15.8 Å². The first-order valence-electron chi connectivity index (χ1n) is 5.63. The molecule has 0 heterocycles. The summed E-state index contributed by atoms with van der Waals surface area (Å²) in [6.07, 6.45) is 0. The van der Waals surface area contributed by atoms with Crippen LogP contribution in [0.5, 0.6) is 0 Å². The predicted molar refractivity (Wildman–Crippen MR) is 80.5 cm³/mol. The van der Waals surface area contributed by atoms with E-state index in [4.69, 9.17) is 5.73 Å². The molecular formula is C13H12BrFN2O2S. The maximum atomic E-state index is 13.2. The first-order valence-corrected chi connectivity index (χ1v) is 7.91. The number of hydrogen-bond acceptors (Lipinski definition) is 3. The molecule has 4 nitrogen and oxygen atoms in total. The molecule has 3 N–H and O–H groups in total. The van der Waals surface area contributed by atoms with E-state index in [0.29, 0.717) is 4.47 Å². The summed E-state index contributed by atoms with van der Waals surface area (Å²) in [6.45, 7) is 1.85. The minimum atomic E-state index is -3.84. The summed E-state index contributed by atoms with van der Waals surface area (Å²) in [5.41, 5.74) is 6.71. The molecule has 0 aromatic heterocycles. The van der Waals surface area contributed by atoms with Crippen molar-refractivity contribution < 1.29 is 12.8 Å². The van der Waals surface area contributed by atoms with Gasteiger partial charge in [-0.2, -0.15) is 0 Å². The van der Waals surface area contributed by atoms with Gasteiger partial charge >= 0.3 is 0 Å².